The van der Waals surface area contributed by atoms with E-state index >= 15 is 0 Å². The second-order valence-corrected chi connectivity index (χ2v) is 4.76. The van der Waals surface area contributed by atoms with Crippen LogP contribution in [0.1, 0.15) is 48.5 Å². The summed E-state index contributed by atoms with van der Waals surface area (Å²) in [6.45, 7) is 4.93. The molecule has 86 valence electrons. The quantitative estimate of drug-likeness (QED) is 0.772. The summed E-state index contributed by atoms with van der Waals surface area (Å²) in [5.41, 5.74) is 2.16. The summed E-state index contributed by atoms with van der Waals surface area (Å²) in [4.78, 5) is 11.3. The molecule has 1 aliphatic heterocycles. The first-order valence-corrected chi connectivity index (χ1v) is 6.01. The lowest BCUT2D eigenvalue weighted by Crippen LogP contribution is -2.34. The highest BCUT2D eigenvalue weighted by molar-refractivity contribution is 5.94. The van der Waals surface area contributed by atoms with Gasteiger partial charge in [0.1, 0.15) is 0 Å². The van der Waals surface area contributed by atoms with Gasteiger partial charge in [-0.25, -0.2) is 0 Å². The number of carbonyl (C=O) groups excluding carboxylic acids is 1. The molecule has 1 aromatic carbocycles. The van der Waals surface area contributed by atoms with Crippen LogP contribution in [-0.2, 0) is 0 Å². The van der Waals surface area contributed by atoms with E-state index in [-0.39, 0.29) is 5.78 Å². The maximum atomic E-state index is 11.3. The molecule has 0 spiro atoms. The Hall–Kier alpha value is -1.15. The minimum absolute atomic E-state index is 0.156. The van der Waals surface area contributed by atoms with Crippen LogP contribution in [0.5, 0.6) is 0 Å². The maximum Gasteiger partial charge on any atom is 0.159 e. The number of benzene rings is 1. The van der Waals surface area contributed by atoms with E-state index in [1.165, 1.54) is 18.4 Å². The first kappa shape index (κ1) is 11.3. The van der Waals surface area contributed by atoms with Crippen LogP contribution in [0.25, 0.3) is 0 Å². The van der Waals surface area contributed by atoms with Crippen molar-refractivity contribution < 1.29 is 4.79 Å². The Labute approximate surface area is 97.1 Å². The van der Waals surface area contributed by atoms with Gasteiger partial charge in [-0.3, -0.25) is 4.79 Å². The third kappa shape index (κ3) is 2.50. The first-order chi connectivity index (χ1) is 7.66. The first-order valence-electron chi connectivity index (χ1n) is 6.01. The van der Waals surface area contributed by atoms with Crippen molar-refractivity contribution in [1.82, 2.24) is 5.32 Å². The van der Waals surface area contributed by atoms with Crippen LogP contribution in [0.2, 0.25) is 0 Å². The normalized spacial score (nSPS) is 25.4. The molecule has 1 heterocycles. The van der Waals surface area contributed by atoms with Crippen LogP contribution in [-0.4, -0.2) is 18.4 Å². The fourth-order valence-corrected chi connectivity index (χ4v) is 2.45. The van der Waals surface area contributed by atoms with Gasteiger partial charge < -0.3 is 5.32 Å². The monoisotopic (exact) mass is 217 g/mol. The molecule has 2 atom stereocenters. The number of rotatable bonds is 2. The van der Waals surface area contributed by atoms with Gasteiger partial charge in [0, 0.05) is 11.6 Å². The van der Waals surface area contributed by atoms with Crippen LogP contribution in [0.15, 0.2) is 24.3 Å². The highest BCUT2D eigenvalue weighted by atomic mass is 16.1. The number of ketones is 1. The molecular weight excluding hydrogens is 198 g/mol. The van der Waals surface area contributed by atoms with E-state index < -0.39 is 0 Å². The molecule has 2 heteroatoms. The molecule has 0 aliphatic carbocycles. The topological polar surface area (TPSA) is 29.1 Å². The van der Waals surface area contributed by atoms with Crippen LogP contribution in [0.4, 0.5) is 0 Å². The van der Waals surface area contributed by atoms with Crippen molar-refractivity contribution in [3.05, 3.63) is 35.4 Å². The Balaban J connectivity index is 2.19. The van der Waals surface area contributed by atoms with Gasteiger partial charge in [-0.15, -0.1) is 0 Å². The van der Waals surface area contributed by atoms with E-state index in [9.17, 15) is 4.79 Å². The van der Waals surface area contributed by atoms with Gasteiger partial charge >= 0.3 is 0 Å². The van der Waals surface area contributed by atoms with E-state index in [0.717, 1.165) is 12.1 Å². The van der Waals surface area contributed by atoms with Gasteiger partial charge in [0.2, 0.25) is 0 Å². The third-order valence-electron chi connectivity index (χ3n) is 3.39. The number of Topliss-reactive ketones (excluding diaryl/α,β-unsaturated/α-hetero) is 1. The summed E-state index contributed by atoms with van der Waals surface area (Å²) in [6.07, 6.45) is 2.34. The summed E-state index contributed by atoms with van der Waals surface area (Å²) < 4.78 is 0. The van der Waals surface area contributed by atoms with Crippen molar-refractivity contribution in [3.8, 4) is 0 Å². The van der Waals surface area contributed by atoms with Gasteiger partial charge in [-0.2, -0.15) is 0 Å². The Morgan fingerprint density at radius 2 is 2.25 bits per heavy atom. The molecule has 0 radical (unpaired) electrons. The van der Waals surface area contributed by atoms with Gasteiger partial charge in [-0.05, 0) is 50.8 Å². The van der Waals surface area contributed by atoms with Crippen molar-refractivity contribution in [1.29, 1.82) is 0 Å². The second-order valence-electron chi connectivity index (χ2n) is 4.76. The van der Waals surface area contributed by atoms with E-state index in [4.69, 9.17) is 0 Å². The molecule has 2 rings (SSSR count). The highest BCUT2D eigenvalue weighted by Gasteiger charge is 2.20. The number of hydrogen-bond donors (Lipinski definition) is 1. The minimum Gasteiger partial charge on any atom is -0.314 e. The predicted octanol–water partition coefficient (Wildman–Crippen LogP) is 2.74. The molecule has 1 fully saturated rings. The number of hydrogen-bond acceptors (Lipinski definition) is 2. The molecule has 1 saturated heterocycles. The predicted molar refractivity (Wildman–Crippen MR) is 65.9 cm³/mol. The molecule has 0 saturated carbocycles. The van der Waals surface area contributed by atoms with Gasteiger partial charge in [-0.1, -0.05) is 18.2 Å². The second kappa shape index (κ2) is 4.79. The molecule has 16 heavy (non-hydrogen) atoms. The molecule has 0 bridgehead atoms. The van der Waals surface area contributed by atoms with E-state index in [1.54, 1.807) is 6.92 Å². The Morgan fingerprint density at radius 3 is 2.94 bits per heavy atom. The molecule has 1 aromatic rings. The minimum atomic E-state index is 0.156. The fraction of sp³-hybridized carbons (Fsp3) is 0.500. The lowest BCUT2D eigenvalue weighted by molar-refractivity contribution is 0.101. The highest BCUT2D eigenvalue weighted by Crippen LogP contribution is 2.28. The maximum absolute atomic E-state index is 11.3. The summed E-state index contributed by atoms with van der Waals surface area (Å²) in [5, 5.41) is 3.45. The summed E-state index contributed by atoms with van der Waals surface area (Å²) in [6, 6.07) is 8.69. The number of carbonyl (C=O) groups is 1. The van der Waals surface area contributed by atoms with E-state index in [1.807, 2.05) is 12.1 Å². The van der Waals surface area contributed by atoms with Crippen molar-refractivity contribution >= 4 is 5.78 Å². The van der Waals surface area contributed by atoms with E-state index in [2.05, 4.69) is 24.4 Å². The number of nitrogens with one attached hydrogen (secondary N) is 1. The van der Waals surface area contributed by atoms with Crippen molar-refractivity contribution in [2.24, 2.45) is 0 Å². The van der Waals surface area contributed by atoms with Crippen LogP contribution in [0.3, 0.4) is 0 Å². The average Bonchev–Trinajstić information content (AvgIpc) is 2.29. The summed E-state index contributed by atoms with van der Waals surface area (Å²) >= 11 is 0. The molecule has 2 nitrogen and oxygen atoms in total. The molecule has 1 N–H and O–H groups in total. The lowest BCUT2D eigenvalue weighted by Gasteiger charge is -2.28. The Kier molecular flexibility index (Phi) is 3.39. The Morgan fingerprint density at radius 1 is 1.44 bits per heavy atom. The molecule has 2 unspecified atom stereocenters. The van der Waals surface area contributed by atoms with Crippen LogP contribution in [0, 0.1) is 0 Å². The largest absolute Gasteiger partial charge is 0.314 e. The van der Waals surface area contributed by atoms with Crippen LogP contribution >= 0.6 is 0 Å². The Bertz CT molecular complexity index is 386. The molecule has 1 aliphatic rings. The average molecular weight is 217 g/mol. The molecule has 0 aromatic heterocycles. The van der Waals surface area contributed by atoms with Gasteiger partial charge in [0.25, 0.3) is 0 Å². The van der Waals surface area contributed by atoms with Gasteiger partial charge in [0.15, 0.2) is 5.78 Å². The zero-order valence-electron chi connectivity index (χ0n) is 9.99. The standard InChI is InChI=1S/C14H19NO/c1-10-8-14(6-7-15-10)13-5-3-4-12(9-13)11(2)16/h3-5,9-10,14-15H,6-8H2,1-2H3. The lowest BCUT2D eigenvalue weighted by atomic mass is 9.86. The smallest absolute Gasteiger partial charge is 0.159 e. The zero-order chi connectivity index (χ0) is 11.5. The van der Waals surface area contributed by atoms with Crippen molar-refractivity contribution in [2.75, 3.05) is 6.54 Å². The van der Waals surface area contributed by atoms with Crippen molar-refractivity contribution in [2.45, 2.75) is 38.6 Å². The molecule has 0 amide bonds. The van der Waals surface area contributed by atoms with E-state index in [0.29, 0.717) is 12.0 Å². The summed E-state index contributed by atoms with van der Waals surface area (Å²) in [7, 11) is 0. The summed E-state index contributed by atoms with van der Waals surface area (Å²) in [5.74, 6) is 0.763. The fourth-order valence-electron chi connectivity index (χ4n) is 2.45. The SMILES string of the molecule is CC(=O)c1cccc(C2CCNC(C)C2)c1. The number of piperidine rings is 1. The van der Waals surface area contributed by atoms with Gasteiger partial charge in [0.05, 0.1) is 0 Å². The third-order valence-corrected chi connectivity index (χ3v) is 3.39. The van der Waals surface area contributed by atoms with Crippen LogP contribution < -0.4 is 5.32 Å². The van der Waals surface area contributed by atoms with Crippen molar-refractivity contribution in [3.63, 3.8) is 0 Å². The zero-order valence-corrected chi connectivity index (χ0v) is 9.99. The molecular formula is C14H19NO.